The van der Waals surface area contributed by atoms with E-state index in [2.05, 4.69) is 0 Å². The van der Waals surface area contributed by atoms with Crippen molar-refractivity contribution in [2.75, 3.05) is 12.4 Å². The summed E-state index contributed by atoms with van der Waals surface area (Å²) in [7, 11) is 0. The number of carboxylic acids is 1. The average molecular weight is 306 g/mol. The first kappa shape index (κ1) is 15.2. The van der Waals surface area contributed by atoms with Gasteiger partial charge in [0, 0.05) is 5.75 Å². The monoisotopic (exact) mass is 306 g/mol. The average Bonchev–Trinajstić information content (AvgIpc) is 2.87. The second kappa shape index (κ2) is 6.50. The highest BCUT2D eigenvalue weighted by atomic mass is 32.2. The molecule has 1 aliphatic rings. The zero-order chi connectivity index (χ0) is 15.4. The third-order valence-electron chi connectivity index (χ3n) is 3.15. The number of carboxylic acid groups (broad SMARTS) is 1. The Morgan fingerprint density at radius 1 is 1.52 bits per heavy atom. The van der Waals surface area contributed by atoms with E-state index in [4.69, 9.17) is 15.1 Å². The summed E-state index contributed by atoms with van der Waals surface area (Å²) in [4.78, 5) is 24.7. The van der Waals surface area contributed by atoms with Crippen LogP contribution in [0.5, 0.6) is 5.75 Å². The van der Waals surface area contributed by atoms with Crippen LogP contribution in [-0.2, 0) is 9.59 Å². The van der Waals surface area contributed by atoms with Crippen molar-refractivity contribution >= 4 is 23.6 Å². The fraction of sp³-hybridized carbons (Fsp3) is 0.357. The van der Waals surface area contributed by atoms with E-state index in [1.807, 2.05) is 6.07 Å². The molecule has 0 spiro atoms. The van der Waals surface area contributed by atoms with Crippen molar-refractivity contribution < 1.29 is 19.4 Å². The molecule has 1 aromatic carbocycles. The van der Waals surface area contributed by atoms with E-state index >= 15 is 0 Å². The van der Waals surface area contributed by atoms with Crippen LogP contribution >= 0.6 is 11.8 Å². The summed E-state index contributed by atoms with van der Waals surface area (Å²) in [5, 5.41) is 17.9. The van der Waals surface area contributed by atoms with Gasteiger partial charge in [0.25, 0.3) is 5.91 Å². The van der Waals surface area contributed by atoms with Crippen LogP contribution in [0.3, 0.4) is 0 Å². The number of aliphatic carboxylic acids is 1. The zero-order valence-electron chi connectivity index (χ0n) is 11.4. The van der Waals surface area contributed by atoms with Gasteiger partial charge in [-0.25, -0.2) is 4.79 Å². The van der Waals surface area contributed by atoms with E-state index in [0.29, 0.717) is 17.1 Å². The summed E-state index contributed by atoms with van der Waals surface area (Å²) in [6.45, 7) is 1.50. The number of ether oxygens (including phenoxy) is 1. The highest BCUT2D eigenvalue weighted by Gasteiger charge is 2.39. The Morgan fingerprint density at radius 3 is 2.90 bits per heavy atom. The van der Waals surface area contributed by atoms with E-state index in [1.54, 1.807) is 31.2 Å². The Kier molecular flexibility index (Phi) is 4.70. The van der Waals surface area contributed by atoms with Crippen molar-refractivity contribution in [3.05, 3.63) is 29.8 Å². The van der Waals surface area contributed by atoms with Gasteiger partial charge in [-0.3, -0.25) is 4.79 Å². The van der Waals surface area contributed by atoms with Crippen molar-refractivity contribution in [3.63, 3.8) is 0 Å². The maximum absolute atomic E-state index is 12.2. The normalized spacial score (nSPS) is 20.9. The molecule has 1 aromatic rings. The van der Waals surface area contributed by atoms with E-state index in [1.165, 1.54) is 16.7 Å². The molecule has 1 aliphatic heterocycles. The molecule has 1 N–H and O–H groups in total. The lowest BCUT2D eigenvalue weighted by molar-refractivity contribution is -0.149. The molecule has 1 fully saturated rings. The lowest BCUT2D eigenvalue weighted by atomic mass is 10.2. The zero-order valence-corrected chi connectivity index (χ0v) is 12.2. The van der Waals surface area contributed by atoms with Gasteiger partial charge in [0.05, 0.1) is 10.9 Å². The summed E-state index contributed by atoms with van der Waals surface area (Å²) in [6.07, 6.45) is 0. The number of hydrogen-bond donors (Lipinski definition) is 1. The van der Waals surface area contributed by atoms with E-state index in [0.717, 1.165) is 0 Å². The molecule has 2 unspecified atom stereocenters. The molecule has 110 valence electrons. The second-order valence-electron chi connectivity index (χ2n) is 4.48. The van der Waals surface area contributed by atoms with Gasteiger partial charge in [0.15, 0.2) is 6.61 Å². The summed E-state index contributed by atoms with van der Waals surface area (Å²) in [6, 6.07) is 7.75. The van der Waals surface area contributed by atoms with Crippen molar-refractivity contribution in [1.82, 2.24) is 4.90 Å². The molecule has 0 bridgehead atoms. The van der Waals surface area contributed by atoms with Crippen LogP contribution in [0.2, 0.25) is 0 Å². The molecule has 21 heavy (non-hydrogen) atoms. The molecule has 0 aromatic heterocycles. The standard InChI is InChI=1S/C14H14N2O4S/c1-9-16(11(8-21-9)14(18)19)13(17)7-20-12-5-3-2-4-10(12)6-15/h2-5,9,11H,7-8H2,1H3,(H,18,19). The van der Waals surface area contributed by atoms with Crippen molar-refractivity contribution in [2.45, 2.75) is 18.3 Å². The third-order valence-corrected chi connectivity index (χ3v) is 4.37. The lowest BCUT2D eigenvalue weighted by Gasteiger charge is -2.25. The molecule has 2 atom stereocenters. The molecule has 2 rings (SSSR count). The molecule has 0 aliphatic carbocycles. The number of benzene rings is 1. The van der Waals surface area contributed by atoms with Crippen LogP contribution in [0.15, 0.2) is 24.3 Å². The number of nitriles is 1. The van der Waals surface area contributed by atoms with Crippen LogP contribution < -0.4 is 4.74 Å². The van der Waals surface area contributed by atoms with E-state index < -0.39 is 17.9 Å². The molecular weight excluding hydrogens is 292 g/mol. The van der Waals surface area contributed by atoms with Gasteiger partial charge in [0.2, 0.25) is 0 Å². The topological polar surface area (TPSA) is 90.6 Å². The number of carbonyl (C=O) groups is 2. The van der Waals surface area contributed by atoms with Gasteiger partial charge in [-0.15, -0.1) is 11.8 Å². The Hall–Kier alpha value is -2.20. The summed E-state index contributed by atoms with van der Waals surface area (Å²) in [5.41, 5.74) is 0.337. The van der Waals surface area contributed by atoms with Gasteiger partial charge in [-0.2, -0.15) is 5.26 Å². The molecule has 0 saturated carbocycles. The van der Waals surface area contributed by atoms with Crippen molar-refractivity contribution in [2.24, 2.45) is 0 Å². The minimum atomic E-state index is -1.02. The Morgan fingerprint density at radius 2 is 2.24 bits per heavy atom. The molecule has 1 saturated heterocycles. The predicted molar refractivity (Wildman–Crippen MR) is 76.8 cm³/mol. The molecule has 7 heteroatoms. The summed E-state index contributed by atoms with van der Waals surface area (Å²) in [5.74, 6) is -0.721. The van der Waals surface area contributed by atoms with Crippen LogP contribution in [0.25, 0.3) is 0 Å². The molecule has 0 radical (unpaired) electrons. The Labute approximate surface area is 126 Å². The quantitative estimate of drug-likeness (QED) is 0.902. The maximum Gasteiger partial charge on any atom is 0.327 e. The van der Waals surface area contributed by atoms with E-state index in [9.17, 15) is 9.59 Å². The largest absolute Gasteiger partial charge is 0.482 e. The highest BCUT2D eigenvalue weighted by Crippen LogP contribution is 2.29. The number of rotatable bonds is 4. The number of nitrogens with zero attached hydrogens (tertiary/aromatic N) is 2. The molecular formula is C14H14N2O4S. The van der Waals surface area contributed by atoms with Gasteiger partial charge in [0.1, 0.15) is 17.9 Å². The predicted octanol–water partition coefficient (Wildman–Crippen LogP) is 1.31. The fourth-order valence-electron chi connectivity index (χ4n) is 2.11. The number of thioether (sulfide) groups is 1. The van der Waals surface area contributed by atoms with E-state index in [-0.39, 0.29) is 12.0 Å². The molecule has 6 nitrogen and oxygen atoms in total. The molecule has 1 amide bonds. The molecule has 1 heterocycles. The fourth-order valence-corrected chi connectivity index (χ4v) is 3.30. The summed E-state index contributed by atoms with van der Waals surface area (Å²) >= 11 is 1.42. The maximum atomic E-state index is 12.2. The van der Waals surface area contributed by atoms with Crippen LogP contribution in [0.1, 0.15) is 12.5 Å². The highest BCUT2D eigenvalue weighted by molar-refractivity contribution is 8.00. The first-order valence-corrected chi connectivity index (χ1v) is 7.37. The van der Waals surface area contributed by atoms with Crippen LogP contribution in [0, 0.1) is 11.3 Å². The summed E-state index contributed by atoms with van der Waals surface area (Å²) < 4.78 is 5.36. The van der Waals surface area contributed by atoms with Gasteiger partial charge < -0.3 is 14.7 Å². The number of para-hydroxylation sites is 1. The SMILES string of the molecule is CC1SCC(C(=O)O)N1C(=O)COc1ccccc1C#N. The Bertz CT molecular complexity index is 599. The number of amides is 1. The van der Waals surface area contributed by atoms with Crippen molar-refractivity contribution in [3.8, 4) is 11.8 Å². The lowest BCUT2D eigenvalue weighted by Crippen LogP contribution is -2.46. The smallest absolute Gasteiger partial charge is 0.327 e. The first-order chi connectivity index (χ1) is 10.0. The minimum Gasteiger partial charge on any atom is -0.482 e. The number of carbonyl (C=O) groups excluding carboxylic acids is 1. The number of hydrogen-bond acceptors (Lipinski definition) is 5. The van der Waals surface area contributed by atoms with Crippen molar-refractivity contribution in [1.29, 1.82) is 5.26 Å². The van der Waals surface area contributed by atoms with Gasteiger partial charge in [-0.1, -0.05) is 12.1 Å². The first-order valence-electron chi connectivity index (χ1n) is 6.32. The van der Waals surface area contributed by atoms with Gasteiger partial charge in [-0.05, 0) is 19.1 Å². The van der Waals surface area contributed by atoms with Crippen LogP contribution in [-0.4, -0.2) is 45.7 Å². The third kappa shape index (κ3) is 3.28. The second-order valence-corrected chi connectivity index (χ2v) is 5.83. The van der Waals surface area contributed by atoms with Crippen LogP contribution in [0.4, 0.5) is 0 Å². The van der Waals surface area contributed by atoms with Gasteiger partial charge >= 0.3 is 5.97 Å². The Balaban J connectivity index is 2.04. The minimum absolute atomic E-state index is 0.201.